The maximum Gasteiger partial charge on any atom is 0.488 e. The lowest BCUT2D eigenvalue weighted by Crippen LogP contribution is -2.33. The zero-order valence-electron chi connectivity index (χ0n) is 13.0. The van der Waals surface area contributed by atoms with Crippen molar-refractivity contribution in [1.82, 2.24) is 10.2 Å². The summed E-state index contributed by atoms with van der Waals surface area (Å²) in [5.41, 5.74) is -0.645. The first-order chi connectivity index (χ1) is 11.2. The molecular weight excluding hydrogens is 321 g/mol. The molecule has 4 N–H and O–H groups in total. The van der Waals surface area contributed by atoms with Crippen LogP contribution in [0.3, 0.4) is 0 Å². The number of carboxylic acids is 1. The first-order valence-electron chi connectivity index (χ1n) is 7.04. The average Bonchev–Trinajstić information content (AvgIpc) is 2.50. The number of likely N-dealkylation sites (N-methyl/N-ethyl adjacent to an activating group) is 1. The highest BCUT2D eigenvalue weighted by molar-refractivity contribution is 6.58. The molecule has 0 unspecified atom stereocenters. The van der Waals surface area contributed by atoms with Crippen LogP contribution in [0.1, 0.15) is 16.8 Å². The quantitative estimate of drug-likeness (QED) is 0.182. The molecule has 0 fully saturated rings. The van der Waals surface area contributed by atoms with Crippen molar-refractivity contribution < 1.29 is 29.7 Å². The molecule has 0 aliphatic carbocycles. The fourth-order valence-electron chi connectivity index (χ4n) is 1.98. The molecule has 10 nitrogen and oxygen atoms in total. The molecule has 0 aliphatic rings. The second-order valence-corrected chi connectivity index (χ2v) is 5.18. The Bertz CT molecular complexity index is 624. The van der Waals surface area contributed by atoms with Gasteiger partial charge in [-0.15, -0.1) is 0 Å². The summed E-state index contributed by atoms with van der Waals surface area (Å²) in [7, 11) is -0.299. The van der Waals surface area contributed by atoms with E-state index in [9.17, 15) is 19.7 Å². The van der Waals surface area contributed by atoms with Crippen molar-refractivity contribution in [3.63, 3.8) is 0 Å². The third kappa shape index (κ3) is 6.32. The molecule has 24 heavy (non-hydrogen) atoms. The molecule has 0 bridgehead atoms. The minimum atomic E-state index is -1.93. The number of non-ortho nitro benzene ring substituents is 1. The predicted octanol–water partition coefficient (Wildman–Crippen LogP) is -1.59. The predicted molar refractivity (Wildman–Crippen MR) is 85.0 cm³/mol. The van der Waals surface area contributed by atoms with E-state index >= 15 is 0 Å². The van der Waals surface area contributed by atoms with Crippen LogP contribution in [0, 0.1) is 10.1 Å². The lowest BCUT2D eigenvalue weighted by molar-refractivity contribution is -0.384. The van der Waals surface area contributed by atoms with Crippen molar-refractivity contribution in [2.45, 2.75) is 6.42 Å². The first kappa shape index (κ1) is 19.6. The van der Waals surface area contributed by atoms with Gasteiger partial charge in [0.25, 0.3) is 11.6 Å². The van der Waals surface area contributed by atoms with E-state index in [0.717, 1.165) is 18.2 Å². The first-order valence-corrected chi connectivity index (χ1v) is 7.04. The van der Waals surface area contributed by atoms with Crippen molar-refractivity contribution in [2.24, 2.45) is 0 Å². The van der Waals surface area contributed by atoms with Crippen molar-refractivity contribution in [3.05, 3.63) is 33.9 Å². The number of aliphatic carboxylic acids is 1. The molecule has 0 aliphatic heterocycles. The largest absolute Gasteiger partial charge is 0.488 e. The molecule has 0 radical (unpaired) electrons. The second kappa shape index (κ2) is 8.96. The Labute approximate surface area is 138 Å². The summed E-state index contributed by atoms with van der Waals surface area (Å²) in [6, 6.07) is 3.17. The maximum atomic E-state index is 12.0. The van der Waals surface area contributed by atoms with Crippen molar-refractivity contribution in [2.75, 3.05) is 26.7 Å². The molecule has 0 atom stereocenters. The number of carbonyl (C=O) groups excluding carboxylic acids is 1. The number of nitrogens with one attached hydrogen (secondary N) is 1. The Balaban J connectivity index is 2.64. The Kier molecular flexibility index (Phi) is 7.30. The van der Waals surface area contributed by atoms with Gasteiger partial charge in [0.15, 0.2) is 0 Å². The van der Waals surface area contributed by atoms with Crippen LogP contribution in [0.2, 0.25) is 0 Å². The summed E-state index contributed by atoms with van der Waals surface area (Å²) in [4.78, 5) is 34.2. The van der Waals surface area contributed by atoms with Crippen LogP contribution in [-0.2, 0) is 4.79 Å². The molecule has 11 heteroatoms. The molecule has 1 aromatic rings. The molecule has 0 aromatic heterocycles. The number of rotatable bonds is 9. The van der Waals surface area contributed by atoms with Crippen LogP contribution in [-0.4, -0.2) is 70.7 Å². The van der Waals surface area contributed by atoms with Crippen LogP contribution in [0.5, 0.6) is 0 Å². The molecule has 0 saturated heterocycles. The summed E-state index contributed by atoms with van der Waals surface area (Å²) in [6.45, 7) is 0.571. The van der Waals surface area contributed by atoms with Gasteiger partial charge >= 0.3 is 13.1 Å². The molecular formula is C13H18BN3O7. The van der Waals surface area contributed by atoms with Gasteiger partial charge in [-0.05, 0) is 25.0 Å². The number of nitro benzene ring substituents is 1. The summed E-state index contributed by atoms with van der Waals surface area (Å²) in [5, 5.41) is 40.2. The van der Waals surface area contributed by atoms with E-state index in [0.29, 0.717) is 13.0 Å². The average molecular weight is 339 g/mol. The number of nitrogens with zero attached hydrogens (tertiary/aromatic N) is 2. The summed E-state index contributed by atoms with van der Waals surface area (Å²) >= 11 is 0. The van der Waals surface area contributed by atoms with Crippen LogP contribution in [0.25, 0.3) is 0 Å². The minimum absolute atomic E-state index is 0.0637. The van der Waals surface area contributed by atoms with E-state index < -0.39 is 29.6 Å². The van der Waals surface area contributed by atoms with Gasteiger partial charge in [-0.3, -0.25) is 24.6 Å². The molecule has 130 valence electrons. The number of hydrogen-bond acceptors (Lipinski definition) is 7. The summed E-state index contributed by atoms with van der Waals surface area (Å²) in [6.07, 6.45) is 0.486. The zero-order valence-corrected chi connectivity index (χ0v) is 13.0. The van der Waals surface area contributed by atoms with Gasteiger partial charge in [-0.2, -0.15) is 0 Å². The number of amides is 1. The molecule has 0 heterocycles. The molecule has 1 rings (SSSR count). The smallest absolute Gasteiger partial charge is 0.480 e. The Hall–Kier alpha value is -2.50. The van der Waals surface area contributed by atoms with Crippen LogP contribution in [0.15, 0.2) is 18.2 Å². The Morgan fingerprint density at radius 3 is 2.54 bits per heavy atom. The number of hydrogen-bond donors (Lipinski definition) is 4. The van der Waals surface area contributed by atoms with E-state index in [1.165, 1.54) is 0 Å². The lowest BCUT2D eigenvalue weighted by atomic mass is 9.79. The van der Waals surface area contributed by atoms with Gasteiger partial charge in [-0.1, -0.05) is 0 Å². The Morgan fingerprint density at radius 1 is 1.33 bits per heavy atom. The molecule has 1 amide bonds. The maximum absolute atomic E-state index is 12.0. The highest BCUT2D eigenvalue weighted by atomic mass is 16.6. The minimum Gasteiger partial charge on any atom is -0.480 e. The normalized spacial score (nSPS) is 10.5. The van der Waals surface area contributed by atoms with Gasteiger partial charge in [-0.25, -0.2) is 0 Å². The van der Waals surface area contributed by atoms with E-state index in [-0.39, 0.29) is 24.1 Å². The second-order valence-electron chi connectivity index (χ2n) is 5.18. The summed E-state index contributed by atoms with van der Waals surface area (Å²) < 4.78 is 0. The van der Waals surface area contributed by atoms with E-state index in [2.05, 4.69) is 5.32 Å². The Morgan fingerprint density at radius 2 is 2.00 bits per heavy atom. The van der Waals surface area contributed by atoms with Gasteiger partial charge in [0, 0.05) is 30.8 Å². The SMILES string of the molecule is CN(CCCNC(=O)c1cc(B(O)O)cc([N+](=O)[O-])c1)CC(=O)O. The van der Waals surface area contributed by atoms with Crippen molar-refractivity contribution >= 4 is 30.1 Å². The van der Waals surface area contributed by atoms with Crippen molar-refractivity contribution in [1.29, 1.82) is 0 Å². The lowest BCUT2D eigenvalue weighted by Gasteiger charge is -2.13. The van der Waals surface area contributed by atoms with Crippen LogP contribution in [0.4, 0.5) is 5.69 Å². The molecule has 1 aromatic carbocycles. The number of benzene rings is 1. The standard InChI is InChI=1S/C13H18BN3O7/c1-16(8-12(18)19)4-2-3-15-13(20)9-5-10(14(21)22)7-11(6-9)17(23)24/h5-7,21-22H,2-4,8H2,1H3,(H,15,20)(H,18,19). The number of nitro groups is 1. The highest BCUT2D eigenvalue weighted by Gasteiger charge is 2.20. The molecule has 0 saturated carbocycles. The monoisotopic (exact) mass is 339 g/mol. The highest BCUT2D eigenvalue weighted by Crippen LogP contribution is 2.12. The topological polar surface area (TPSA) is 153 Å². The van der Waals surface area contributed by atoms with E-state index in [1.54, 1.807) is 11.9 Å². The van der Waals surface area contributed by atoms with Crippen LogP contribution < -0.4 is 10.8 Å². The van der Waals surface area contributed by atoms with Gasteiger partial charge in [0.05, 0.1) is 11.5 Å². The van der Waals surface area contributed by atoms with Crippen molar-refractivity contribution in [3.8, 4) is 0 Å². The van der Waals surface area contributed by atoms with Crippen LogP contribution >= 0.6 is 0 Å². The molecule has 0 spiro atoms. The third-order valence-corrected chi connectivity index (χ3v) is 3.12. The summed E-state index contributed by atoms with van der Waals surface area (Å²) in [5.74, 6) is -1.55. The third-order valence-electron chi connectivity index (χ3n) is 3.12. The van der Waals surface area contributed by atoms with E-state index in [4.69, 9.17) is 15.2 Å². The zero-order chi connectivity index (χ0) is 18.3. The number of carboxylic acid groups (broad SMARTS) is 1. The van der Waals surface area contributed by atoms with Gasteiger partial charge in [0.2, 0.25) is 0 Å². The fraction of sp³-hybridized carbons (Fsp3) is 0.385. The number of carbonyl (C=O) groups is 2. The van der Waals surface area contributed by atoms with Gasteiger partial charge < -0.3 is 20.5 Å². The van der Waals surface area contributed by atoms with Gasteiger partial charge in [0.1, 0.15) is 0 Å². The fourth-order valence-corrected chi connectivity index (χ4v) is 1.98. The van der Waals surface area contributed by atoms with E-state index in [1.807, 2.05) is 0 Å².